The number of rotatable bonds is 3. The van der Waals surface area contributed by atoms with Crippen LogP contribution in [-0.4, -0.2) is 12.1 Å². The molecule has 2 aliphatic rings. The Kier molecular flexibility index (Phi) is 4.49. The monoisotopic (exact) mass is 311 g/mol. The molecule has 0 saturated heterocycles. The number of nitrogens with zero attached hydrogens (tertiary/aromatic N) is 1. The van der Waals surface area contributed by atoms with Gasteiger partial charge in [0.05, 0.1) is 11.6 Å². The highest BCUT2D eigenvalue weighted by Crippen LogP contribution is 2.39. The van der Waals surface area contributed by atoms with E-state index in [2.05, 4.69) is 37.4 Å². The first-order chi connectivity index (χ1) is 10.9. The number of nitrogens with two attached hydrogens (primary N) is 1. The summed E-state index contributed by atoms with van der Waals surface area (Å²) in [5.41, 5.74) is 10.2. The first kappa shape index (κ1) is 16.5. The summed E-state index contributed by atoms with van der Waals surface area (Å²) in [6.07, 6.45) is 8.43. The second kappa shape index (κ2) is 6.26. The Balaban J connectivity index is 1.78. The maximum absolute atomic E-state index is 9.20. The predicted molar refractivity (Wildman–Crippen MR) is 94.2 cm³/mol. The number of fused-ring (bicyclic) bond motifs is 1. The average Bonchev–Trinajstić information content (AvgIpc) is 2.54. The highest BCUT2D eigenvalue weighted by Gasteiger charge is 2.34. The summed E-state index contributed by atoms with van der Waals surface area (Å²) in [6.45, 7) is 5.46. The zero-order valence-electron chi connectivity index (χ0n) is 14.5. The lowest BCUT2D eigenvalue weighted by molar-refractivity contribution is 0.253. The second-order valence-electron chi connectivity index (χ2n) is 8.19. The molecule has 0 aromatic heterocycles. The molecule has 3 heteroatoms. The van der Waals surface area contributed by atoms with Crippen molar-refractivity contribution >= 4 is 0 Å². The average molecular weight is 311 g/mol. The standard InChI is InChI=1S/C20H29N3/c1-19(2)14-23-18(8-11-20(22)9-4-3-5-10-20)16-7-6-15(13-21)12-17(16)19/h6-7,12,18,23H,3-5,8-11,14,22H2,1-2H3. The fraction of sp³-hybridized carbons (Fsp3) is 0.650. The number of hydrogen-bond acceptors (Lipinski definition) is 3. The summed E-state index contributed by atoms with van der Waals surface area (Å²) in [6, 6.07) is 8.83. The van der Waals surface area contributed by atoms with Crippen LogP contribution in [0.2, 0.25) is 0 Å². The molecule has 1 saturated carbocycles. The zero-order valence-corrected chi connectivity index (χ0v) is 14.5. The van der Waals surface area contributed by atoms with Gasteiger partial charge in [0, 0.05) is 23.5 Å². The van der Waals surface area contributed by atoms with Gasteiger partial charge >= 0.3 is 0 Å². The number of benzene rings is 1. The molecule has 0 amide bonds. The van der Waals surface area contributed by atoms with E-state index in [4.69, 9.17) is 5.73 Å². The van der Waals surface area contributed by atoms with Crippen LogP contribution in [0.15, 0.2) is 18.2 Å². The third-order valence-corrected chi connectivity index (χ3v) is 5.86. The summed E-state index contributed by atoms with van der Waals surface area (Å²) in [5.74, 6) is 0. The van der Waals surface area contributed by atoms with E-state index in [0.717, 1.165) is 24.9 Å². The summed E-state index contributed by atoms with van der Waals surface area (Å²) < 4.78 is 0. The van der Waals surface area contributed by atoms with Crippen molar-refractivity contribution in [1.82, 2.24) is 5.32 Å². The minimum Gasteiger partial charge on any atom is -0.325 e. The van der Waals surface area contributed by atoms with E-state index < -0.39 is 0 Å². The topological polar surface area (TPSA) is 61.8 Å². The first-order valence-electron chi connectivity index (χ1n) is 9.00. The maximum atomic E-state index is 9.20. The molecule has 1 aliphatic carbocycles. The highest BCUT2D eigenvalue weighted by molar-refractivity contribution is 5.45. The molecule has 1 heterocycles. The molecular weight excluding hydrogens is 282 g/mol. The Morgan fingerprint density at radius 2 is 2.00 bits per heavy atom. The van der Waals surface area contributed by atoms with Gasteiger partial charge in [0.25, 0.3) is 0 Å². The van der Waals surface area contributed by atoms with E-state index in [0.29, 0.717) is 6.04 Å². The largest absolute Gasteiger partial charge is 0.325 e. The van der Waals surface area contributed by atoms with Crippen molar-refractivity contribution < 1.29 is 0 Å². The van der Waals surface area contributed by atoms with Crippen LogP contribution in [0, 0.1) is 11.3 Å². The lowest BCUT2D eigenvalue weighted by atomic mass is 9.73. The molecule has 1 aromatic rings. The van der Waals surface area contributed by atoms with Gasteiger partial charge < -0.3 is 11.1 Å². The van der Waals surface area contributed by atoms with Gasteiger partial charge in [-0.05, 0) is 48.9 Å². The smallest absolute Gasteiger partial charge is 0.0991 e. The third-order valence-electron chi connectivity index (χ3n) is 5.86. The molecule has 0 spiro atoms. The van der Waals surface area contributed by atoms with Crippen LogP contribution in [0.5, 0.6) is 0 Å². The predicted octanol–water partition coefficient (Wildman–Crippen LogP) is 3.92. The van der Waals surface area contributed by atoms with Crippen LogP contribution in [0.4, 0.5) is 0 Å². The van der Waals surface area contributed by atoms with Gasteiger partial charge in [-0.3, -0.25) is 0 Å². The zero-order chi connectivity index (χ0) is 16.5. The molecule has 1 unspecified atom stereocenters. The van der Waals surface area contributed by atoms with Crippen molar-refractivity contribution in [3.8, 4) is 6.07 Å². The molecule has 1 aromatic carbocycles. The van der Waals surface area contributed by atoms with Crippen molar-refractivity contribution in [3.63, 3.8) is 0 Å². The molecule has 3 rings (SSSR count). The van der Waals surface area contributed by atoms with Gasteiger partial charge in [-0.2, -0.15) is 5.26 Å². The van der Waals surface area contributed by atoms with Gasteiger partial charge in [0.1, 0.15) is 0 Å². The van der Waals surface area contributed by atoms with E-state index in [9.17, 15) is 5.26 Å². The van der Waals surface area contributed by atoms with Crippen molar-refractivity contribution in [2.45, 2.75) is 75.8 Å². The first-order valence-corrected chi connectivity index (χ1v) is 9.00. The van der Waals surface area contributed by atoms with Crippen LogP contribution in [0.25, 0.3) is 0 Å². The SMILES string of the molecule is CC1(C)CNC(CCC2(N)CCCCC2)c2ccc(C#N)cc21. The van der Waals surface area contributed by atoms with Gasteiger partial charge in [-0.1, -0.05) is 39.2 Å². The van der Waals surface area contributed by atoms with Gasteiger partial charge in [0.2, 0.25) is 0 Å². The van der Waals surface area contributed by atoms with Crippen molar-refractivity contribution in [2.24, 2.45) is 5.73 Å². The van der Waals surface area contributed by atoms with Crippen LogP contribution in [-0.2, 0) is 5.41 Å². The van der Waals surface area contributed by atoms with Crippen molar-refractivity contribution in [1.29, 1.82) is 5.26 Å². The Morgan fingerprint density at radius 3 is 2.70 bits per heavy atom. The molecule has 3 nitrogen and oxygen atoms in total. The summed E-state index contributed by atoms with van der Waals surface area (Å²) in [7, 11) is 0. The molecule has 0 bridgehead atoms. The fourth-order valence-electron chi connectivity index (χ4n) is 4.29. The van der Waals surface area contributed by atoms with Crippen molar-refractivity contribution in [2.75, 3.05) is 6.54 Å². The molecule has 124 valence electrons. The second-order valence-corrected chi connectivity index (χ2v) is 8.19. The lowest BCUT2D eigenvalue weighted by Crippen LogP contribution is -2.45. The normalized spacial score (nSPS) is 25.4. The Bertz CT molecular complexity index is 606. The Hall–Kier alpha value is -1.37. The quantitative estimate of drug-likeness (QED) is 0.889. The third kappa shape index (κ3) is 3.44. The van der Waals surface area contributed by atoms with E-state index in [1.54, 1.807) is 0 Å². The fourth-order valence-corrected chi connectivity index (χ4v) is 4.29. The van der Waals surface area contributed by atoms with Crippen LogP contribution < -0.4 is 11.1 Å². The van der Waals surface area contributed by atoms with E-state index in [1.807, 2.05) is 6.07 Å². The van der Waals surface area contributed by atoms with E-state index in [1.165, 1.54) is 43.2 Å². The Morgan fingerprint density at radius 1 is 1.26 bits per heavy atom. The van der Waals surface area contributed by atoms with Crippen LogP contribution in [0.3, 0.4) is 0 Å². The molecule has 1 atom stereocenters. The minimum absolute atomic E-state index is 0.0413. The van der Waals surface area contributed by atoms with Gasteiger partial charge in [-0.15, -0.1) is 0 Å². The van der Waals surface area contributed by atoms with Crippen LogP contribution in [0.1, 0.15) is 81.5 Å². The van der Waals surface area contributed by atoms with E-state index >= 15 is 0 Å². The number of nitriles is 1. The van der Waals surface area contributed by atoms with E-state index in [-0.39, 0.29) is 11.0 Å². The lowest BCUT2D eigenvalue weighted by Gasteiger charge is -2.40. The molecule has 0 radical (unpaired) electrons. The van der Waals surface area contributed by atoms with Crippen molar-refractivity contribution in [3.05, 3.63) is 34.9 Å². The van der Waals surface area contributed by atoms with Gasteiger partial charge in [-0.25, -0.2) is 0 Å². The summed E-state index contributed by atoms with van der Waals surface area (Å²) >= 11 is 0. The summed E-state index contributed by atoms with van der Waals surface area (Å²) in [4.78, 5) is 0. The molecule has 1 aliphatic heterocycles. The number of hydrogen-bond donors (Lipinski definition) is 2. The molecule has 3 N–H and O–H groups in total. The van der Waals surface area contributed by atoms with Crippen LogP contribution >= 0.6 is 0 Å². The number of nitrogens with one attached hydrogen (secondary N) is 1. The highest BCUT2D eigenvalue weighted by atomic mass is 14.9. The summed E-state index contributed by atoms with van der Waals surface area (Å²) in [5, 5.41) is 12.9. The Labute approximate surface area is 140 Å². The molecule has 23 heavy (non-hydrogen) atoms. The minimum atomic E-state index is 0.0413. The molecule has 1 fully saturated rings. The van der Waals surface area contributed by atoms with Gasteiger partial charge in [0.15, 0.2) is 0 Å². The maximum Gasteiger partial charge on any atom is 0.0991 e. The molecular formula is C20H29N3.